The number of aliphatic hydroxyl groups is 1. The lowest BCUT2D eigenvalue weighted by molar-refractivity contribution is -0.136. The standard InChI is InChI=1S/C28H32N2O3S/c31-26(22-7-3-1-4-8-22)18-29(17-21-11-12-21)19-28(32)30-15-13-27-24(14-16-34-27)25(30)20-33-23-9-5-2-6-10-23/h1-10,14,16,21,25-26,31H,11-13,15,17-20H2/t25-,26-/m0/s1. The highest BCUT2D eigenvalue weighted by Crippen LogP contribution is 2.35. The van der Waals surface area contributed by atoms with E-state index < -0.39 is 6.10 Å². The fourth-order valence-electron chi connectivity index (χ4n) is 4.74. The van der Waals surface area contributed by atoms with E-state index in [0.29, 0.717) is 32.2 Å². The van der Waals surface area contributed by atoms with E-state index in [1.807, 2.05) is 65.6 Å². The molecule has 2 aliphatic rings. The Morgan fingerprint density at radius 3 is 2.56 bits per heavy atom. The maximum Gasteiger partial charge on any atom is 0.237 e. The van der Waals surface area contributed by atoms with Gasteiger partial charge in [-0.25, -0.2) is 0 Å². The first-order chi connectivity index (χ1) is 16.7. The summed E-state index contributed by atoms with van der Waals surface area (Å²) >= 11 is 1.76. The van der Waals surface area contributed by atoms with Gasteiger partial charge in [-0.1, -0.05) is 48.5 Å². The smallest absolute Gasteiger partial charge is 0.237 e. The summed E-state index contributed by atoms with van der Waals surface area (Å²) < 4.78 is 6.11. The number of hydrogen-bond donors (Lipinski definition) is 1. The number of nitrogens with zero attached hydrogens (tertiary/aromatic N) is 2. The van der Waals surface area contributed by atoms with Crippen molar-refractivity contribution in [3.8, 4) is 5.75 Å². The Morgan fingerprint density at radius 2 is 1.82 bits per heavy atom. The molecule has 1 aliphatic heterocycles. The summed E-state index contributed by atoms with van der Waals surface area (Å²) in [6.45, 7) is 2.79. The number of carbonyl (C=O) groups excluding carboxylic acids is 1. The monoisotopic (exact) mass is 476 g/mol. The van der Waals surface area contributed by atoms with Crippen molar-refractivity contribution in [2.24, 2.45) is 5.92 Å². The molecule has 178 valence electrons. The van der Waals surface area contributed by atoms with E-state index in [1.165, 1.54) is 23.3 Å². The van der Waals surface area contributed by atoms with Crippen LogP contribution in [0.4, 0.5) is 0 Å². The van der Waals surface area contributed by atoms with Crippen molar-refractivity contribution in [2.75, 3.05) is 32.8 Å². The fourth-order valence-corrected chi connectivity index (χ4v) is 5.67. The number of benzene rings is 2. The summed E-state index contributed by atoms with van der Waals surface area (Å²) in [5.41, 5.74) is 2.10. The number of rotatable bonds is 10. The minimum Gasteiger partial charge on any atom is -0.491 e. The van der Waals surface area contributed by atoms with Crippen molar-refractivity contribution in [3.05, 3.63) is 88.1 Å². The van der Waals surface area contributed by atoms with E-state index in [1.54, 1.807) is 11.3 Å². The molecule has 34 heavy (non-hydrogen) atoms. The summed E-state index contributed by atoms with van der Waals surface area (Å²) in [5.74, 6) is 1.57. The highest BCUT2D eigenvalue weighted by atomic mass is 32.1. The Labute approximate surface area is 205 Å². The van der Waals surface area contributed by atoms with Crippen LogP contribution >= 0.6 is 11.3 Å². The number of hydrogen-bond acceptors (Lipinski definition) is 5. The predicted molar refractivity (Wildman–Crippen MR) is 135 cm³/mol. The molecule has 1 saturated carbocycles. The van der Waals surface area contributed by atoms with Crippen molar-refractivity contribution in [1.29, 1.82) is 0 Å². The molecule has 3 aromatic rings. The molecule has 1 fully saturated rings. The van der Waals surface area contributed by atoms with Gasteiger partial charge in [0.2, 0.25) is 5.91 Å². The molecular formula is C28H32N2O3S. The van der Waals surface area contributed by atoms with Crippen LogP contribution in [-0.2, 0) is 11.2 Å². The number of fused-ring (bicyclic) bond motifs is 1. The summed E-state index contributed by atoms with van der Waals surface area (Å²) in [7, 11) is 0. The Bertz CT molecular complexity index is 1070. The third-order valence-electron chi connectivity index (χ3n) is 6.75. The van der Waals surface area contributed by atoms with E-state index in [4.69, 9.17) is 4.74 Å². The summed E-state index contributed by atoms with van der Waals surface area (Å²) in [5, 5.41) is 12.9. The minimum absolute atomic E-state index is 0.0930. The number of carbonyl (C=O) groups is 1. The number of para-hydroxylation sites is 1. The zero-order valence-corrected chi connectivity index (χ0v) is 20.2. The van der Waals surface area contributed by atoms with Gasteiger partial charge in [-0.15, -0.1) is 11.3 Å². The zero-order valence-electron chi connectivity index (χ0n) is 19.4. The molecular weight excluding hydrogens is 444 g/mol. The van der Waals surface area contributed by atoms with Crippen LogP contribution in [-0.4, -0.2) is 53.6 Å². The van der Waals surface area contributed by atoms with Crippen molar-refractivity contribution < 1.29 is 14.6 Å². The van der Waals surface area contributed by atoms with Gasteiger partial charge in [0.1, 0.15) is 12.4 Å². The molecule has 1 aliphatic carbocycles. The lowest BCUT2D eigenvalue weighted by atomic mass is 10.00. The third-order valence-corrected chi connectivity index (χ3v) is 7.75. The van der Waals surface area contributed by atoms with E-state index >= 15 is 0 Å². The number of ether oxygens (including phenoxy) is 1. The predicted octanol–water partition coefficient (Wildman–Crippen LogP) is 4.70. The molecule has 2 heterocycles. The van der Waals surface area contributed by atoms with Crippen LogP contribution in [0.25, 0.3) is 0 Å². The normalized spacial score (nSPS) is 18.5. The lowest BCUT2D eigenvalue weighted by Crippen LogP contribution is -2.47. The first kappa shape index (κ1) is 23.1. The van der Waals surface area contributed by atoms with E-state index in [0.717, 1.165) is 24.3 Å². The van der Waals surface area contributed by atoms with Crippen molar-refractivity contribution in [3.63, 3.8) is 0 Å². The number of aliphatic hydroxyl groups excluding tert-OH is 1. The summed E-state index contributed by atoms with van der Waals surface area (Å²) in [4.78, 5) is 19.1. The fraction of sp³-hybridized carbons (Fsp3) is 0.393. The average Bonchev–Trinajstić information content (AvgIpc) is 3.55. The molecule has 5 nitrogen and oxygen atoms in total. The van der Waals surface area contributed by atoms with Crippen molar-refractivity contribution >= 4 is 17.2 Å². The van der Waals surface area contributed by atoms with Crippen LogP contribution in [0.5, 0.6) is 5.75 Å². The quantitative estimate of drug-likeness (QED) is 0.461. The molecule has 0 unspecified atom stereocenters. The van der Waals surface area contributed by atoms with Gasteiger partial charge in [-0.2, -0.15) is 0 Å². The number of thiophene rings is 1. The Kier molecular flexibility index (Phi) is 7.28. The van der Waals surface area contributed by atoms with Crippen molar-refractivity contribution in [2.45, 2.75) is 31.4 Å². The molecule has 0 bridgehead atoms. The zero-order chi connectivity index (χ0) is 23.3. The van der Waals surface area contributed by atoms with Crippen LogP contribution in [0.1, 0.15) is 41.0 Å². The summed E-state index contributed by atoms with van der Waals surface area (Å²) in [6, 6.07) is 21.6. The Hall–Kier alpha value is -2.67. The first-order valence-corrected chi connectivity index (χ1v) is 13.0. The topological polar surface area (TPSA) is 53.0 Å². The molecule has 0 saturated heterocycles. The average molecular weight is 477 g/mol. The lowest BCUT2D eigenvalue weighted by Gasteiger charge is -2.37. The van der Waals surface area contributed by atoms with Gasteiger partial charge < -0.3 is 14.7 Å². The molecule has 5 rings (SSSR count). The molecule has 2 aromatic carbocycles. The SMILES string of the molecule is O=C(CN(CC1CC1)C[C@H](O)c1ccccc1)N1CCc2sccc2[C@@H]1COc1ccccc1. The van der Waals surface area contributed by atoms with Crippen LogP contribution in [0.15, 0.2) is 72.1 Å². The van der Waals surface area contributed by atoms with Crippen LogP contribution in [0, 0.1) is 5.92 Å². The third kappa shape index (κ3) is 5.69. The molecule has 6 heteroatoms. The van der Waals surface area contributed by atoms with Gasteiger partial charge >= 0.3 is 0 Å². The maximum absolute atomic E-state index is 13.6. The van der Waals surface area contributed by atoms with E-state index in [2.05, 4.69) is 16.3 Å². The van der Waals surface area contributed by atoms with Crippen LogP contribution < -0.4 is 4.74 Å². The van der Waals surface area contributed by atoms with Gasteiger partial charge in [0.05, 0.1) is 18.7 Å². The Morgan fingerprint density at radius 1 is 1.09 bits per heavy atom. The maximum atomic E-state index is 13.6. The van der Waals surface area contributed by atoms with Gasteiger partial charge in [-0.3, -0.25) is 9.69 Å². The molecule has 1 aromatic heterocycles. The van der Waals surface area contributed by atoms with Crippen LogP contribution in [0.3, 0.4) is 0 Å². The van der Waals surface area contributed by atoms with Gasteiger partial charge in [0.25, 0.3) is 0 Å². The second-order valence-corrected chi connectivity index (χ2v) is 10.3. The molecule has 1 N–H and O–H groups in total. The summed E-state index contributed by atoms with van der Waals surface area (Å²) in [6.07, 6.45) is 2.70. The first-order valence-electron chi connectivity index (χ1n) is 12.2. The molecule has 1 amide bonds. The second kappa shape index (κ2) is 10.7. The second-order valence-electron chi connectivity index (χ2n) is 9.34. The van der Waals surface area contributed by atoms with E-state index in [9.17, 15) is 9.90 Å². The van der Waals surface area contributed by atoms with Gasteiger partial charge in [0.15, 0.2) is 0 Å². The Balaban J connectivity index is 1.29. The highest BCUT2D eigenvalue weighted by Gasteiger charge is 2.34. The molecule has 2 atom stereocenters. The molecule has 0 spiro atoms. The molecule has 0 radical (unpaired) electrons. The van der Waals surface area contributed by atoms with Crippen molar-refractivity contribution in [1.82, 2.24) is 9.80 Å². The van der Waals surface area contributed by atoms with Crippen LogP contribution in [0.2, 0.25) is 0 Å². The minimum atomic E-state index is -0.602. The largest absolute Gasteiger partial charge is 0.491 e. The van der Waals surface area contributed by atoms with E-state index in [-0.39, 0.29) is 11.9 Å². The highest BCUT2D eigenvalue weighted by molar-refractivity contribution is 7.10. The number of amides is 1. The van der Waals surface area contributed by atoms with Gasteiger partial charge in [0, 0.05) is 24.5 Å². The van der Waals surface area contributed by atoms with Gasteiger partial charge in [-0.05, 0) is 59.9 Å².